The molecule has 0 aromatic heterocycles. The fourth-order valence-corrected chi connectivity index (χ4v) is 9.06. The summed E-state index contributed by atoms with van der Waals surface area (Å²) in [6.45, 7) is 9.92. The van der Waals surface area contributed by atoms with Crippen molar-refractivity contribution in [3.8, 4) is 34.5 Å². The first-order chi connectivity index (χ1) is 37.4. The van der Waals surface area contributed by atoms with Gasteiger partial charge in [-0.3, -0.25) is 19.6 Å². The molecule has 4 aliphatic rings. The van der Waals surface area contributed by atoms with Crippen LogP contribution < -0.4 is 28.4 Å². The maximum Gasteiger partial charge on any atom is 0.260 e. The molecule has 0 saturated heterocycles. The van der Waals surface area contributed by atoms with Crippen LogP contribution in [0.15, 0.2) is 95.2 Å². The Hall–Kier alpha value is -6.76. The Morgan fingerprint density at radius 2 is 0.855 bits per heavy atom. The summed E-state index contributed by atoms with van der Waals surface area (Å²) in [4.78, 5) is 40.8. The van der Waals surface area contributed by atoms with Gasteiger partial charge in [0.15, 0.2) is 23.0 Å². The van der Waals surface area contributed by atoms with Gasteiger partial charge in [0.05, 0.1) is 75.7 Å². The Labute approximate surface area is 446 Å². The standard InChI is InChI=1S/C59H72N4O13/c1-5-19-69-20-6-21-70-22-7-23-71-24-8-25-72-26-9-27-73-30-31-74-49-17-13-43(14-18-49)45-33-47-39-61-53-37-57(55(68-4)35-51(53)59(65)63(47)41-45)76-29-10-28-75-56-36-52-50(34-54(56)67-3)58(64)62-40-44(32-46(62)38-60-52)42-11-15-48(66-2)16-12-42/h11-18,34-41,46-47H,5-10,19-33H2,1-4H3. The molecule has 2 amide bonds. The lowest BCUT2D eigenvalue weighted by molar-refractivity contribution is 0.0464. The van der Waals surface area contributed by atoms with Crippen LogP contribution in [0, 0.1) is 0 Å². The van der Waals surface area contributed by atoms with E-state index in [9.17, 15) is 9.59 Å². The van der Waals surface area contributed by atoms with Crippen LogP contribution in [0.5, 0.6) is 34.5 Å². The molecule has 4 aromatic carbocycles. The summed E-state index contributed by atoms with van der Waals surface area (Å²) >= 11 is 0. The molecule has 0 radical (unpaired) electrons. The topological polar surface area (TPSA) is 167 Å². The first-order valence-corrected chi connectivity index (χ1v) is 26.5. The SMILES string of the molecule is CCCOCCCOCCCOCCCOCCCOCCOc1ccc(C2=CN3C(=O)c4cc(OC)c(OCCCOc5cc6c(cc5OC)C(=O)N5C=C(c7ccc(OC)cc7)CC5C=N6)cc4N=CC3C2)cc1. The Bertz CT molecular complexity index is 2650. The van der Waals surface area contributed by atoms with Crippen molar-refractivity contribution < 1.29 is 61.7 Å². The molecule has 406 valence electrons. The second kappa shape index (κ2) is 28.9. The van der Waals surface area contributed by atoms with Crippen LogP contribution in [-0.2, 0) is 23.7 Å². The number of hydrogen-bond acceptors (Lipinski definition) is 15. The lowest BCUT2D eigenvalue weighted by Gasteiger charge is -2.19. The quantitative estimate of drug-likeness (QED) is 0.0414. The number of hydrogen-bond donors (Lipinski definition) is 0. The fourth-order valence-electron chi connectivity index (χ4n) is 9.06. The van der Waals surface area contributed by atoms with Gasteiger partial charge >= 0.3 is 0 Å². The highest BCUT2D eigenvalue weighted by Gasteiger charge is 2.35. The van der Waals surface area contributed by atoms with Crippen molar-refractivity contribution in [2.45, 2.75) is 70.4 Å². The van der Waals surface area contributed by atoms with E-state index in [1.54, 1.807) is 55.4 Å². The maximum atomic E-state index is 14.0. The predicted octanol–water partition coefficient (Wildman–Crippen LogP) is 9.94. The molecule has 0 aliphatic carbocycles. The van der Waals surface area contributed by atoms with Gasteiger partial charge in [0.25, 0.3) is 11.8 Å². The number of aliphatic imine (C=N–C) groups is 2. The summed E-state index contributed by atoms with van der Waals surface area (Å²) < 4.78 is 63.1. The van der Waals surface area contributed by atoms with E-state index in [0.29, 0.717) is 124 Å². The van der Waals surface area contributed by atoms with Crippen LogP contribution in [-0.4, -0.2) is 153 Å². The van der Waals surface area contributed by atoms with Gasteiger partial charge in [-0.25, -0.2) is 0 Å². The molecule has 17 nitrogen and oxygen atoms in total. The molecule has 4 aromatic rings. The zero-order chi connectivity index (χ0) is 52.9. The Balaban J connectivity index is 0.724. The number of ether oxygens (including phenoxy) is 11. The van der Waals surface area contributed by atoms with Crippen LogP contribution in [0.25, 0.3) is 11.1 Å². The van der Waals surface area contributed by atoms with Crippen molar-refractivity contribution in [3.05, 3.63) is 107 Å². The van der Waals surface area contributed by atoms with Gasteiger partial charge in [-0.05, 0) is 90.8 Å². The van der Waals surface area contributed by atoms with Gasteiger partial charge in [-0.2, -0.15) is 0 Å². The summed E-state index contributed by atoms with van der Waals surface area (Å²) in [5.74, 6) is 2.96. The van der Waals surface area contributed by atoms with Crippen molar-refractivity contribution in [1.29, 1.82) is 0 Å². The van der Waals surface area contributed by atoms with E-state index in [4.69, 9.17) is 62.1 Å². The number of nitrogens with zero attached hydrogens (tertiary/aromatic N) is 4. The van der Waals surface area contributed by atoms with Gasteiger partial charge in [-0.15, -0.1) is 0 Å². The average Bonchev–Trinajstić information content (AvgIpc) is 4.03. The summed E-state index contributed by atoms with van der Waals surface area (Å²) in [6, 6.07) is 22.1. The summed E-state index contributed by atoms with van der Waals surface area (Å²) in [5, 5.41) is 0. The minimum Gasteiger partial charge on any atom is -0.497 e. The van der Waals surface area contributed by atoms with E-state index in [-0.39, 0.29) is 30.5 Å². The normalized spacial score (nSPS) is 16.3. The minimum absolute atomic E-state index is 0.163. The van der Waals surface area contributed by atoms with Gasteiger partial charge in [0.1, 0.15) is 18.1 Å². The summed E-state index contributed by atoms with van der Waals surface area (Å²) in [5.41, 5.74) is 5.95. The first-order valence-electron chi connectivity index (χ1n) is 26.5. The van der Waals surface area contributed by atoms with Crippen LogP contribution in [0.2, 0.25) is 0 Å². The van der Waals surface area contributed by atoms with Gasteiger partial charge in [-0.1, -0.05) is 31.2 Å². The Kier molecular flexibility index (Phi) is 21.1. The second-order valence-electron chi connectivity index (χ2n) is 18.5. The van der Waals surface area contributed by atoms with Crippen molar-refractivity contribution in [2.24, 2.45) is 9.98 Å². The molecule has 2 atom stereocenters. The maximum absolute atomic E-state index is 14.0. The number of methoxy groups -OCH3 is 3. The summed E-state index contributed by atoms with van der Waals surface area (Å²) in [6.07, 6.45) is 13.7. The van der Waals surface area contributed by atoms with E-state index < -0.39 is 0 Å². The number of benzene rings is 4. The number of fused-ring (bicyclic) bond motifs is 4. The monoisotopic (exact) mass is 1040 g/mol. The number of rotatable bonds is 33. The molecule has 8 rings (SSSR count). The van der Waals surface area contributed by atoms with E-state index in [0.717, 1.165) is 85.7 Å². The third-order valence-corrected chi connectivity index (χ3v) is 13.1. The third-order valence-electron chi connectivity index (χ3n) is 13.1. The molecule has 0 spiro atoms. The molecule has 4 aliphatic heterocycles. The lowest BCUT2D eigenvalue weighted by Crippen LogP contribution is -2.32. The van der Waals surface area contributed by atoms with E-state index in [1.165, 1.54) is 0 Å². The molecular weight excluding hydrogens is 973 g/mol. The zero-order valence-electron chi connectivity index (χ0n) is 44.3. The predicted molar refractivity (Wildman–Crippen MR) is 291 cm³/mol. The highest BCUT2D eigenvalue weighted by Crippen LogP contribution is 2.42. The molecular formula is C59H72N4O13. The molecule has 17 heteroatoms. The largest absolute Gasteiger partial charge is 0.497 e. The van der Waals surface area contributed by atoms with E-state index in [1.807, 2.05) is 73.4 Å². The fraction of sp³-hybridized carbons (Fsp3) is 0.458. The molecule has 0 bridgehead atoms. The van der Waals surface area contributed by atoms with E-state index >= 15 is 0 Å². The highest BCUT2D eigenvalue weighted by molar-refractivity contribution is 6.06. The number of amides is 2. The number of carbonyl (C=O) groups is 2. The second-order valence-corrected chi connectivity index (χ2v) is 18.5. The third kappa shape index (κ3) is 15.0. The van der Waals surface area contributed by atoms with Crippen molar-refractivity contribution in [3.63, 3.8) is 0 Å². The molecule has 0 fully saturated rings. The van der Waals surface area contributed by atoms with Crippen molar-refractivity contribution in [1.82, 2.24) is 9.80 Å². The smallest absolute Gasteiger partial charge is 0.260 e. The number of carbonyl (C=O) groups excluding carboxylic acids is 2. The molecule has 0 saturated carbocycles. The molecule has 76 heavy (non-hydrogen) atoms. The molecule has 4 heterocycles. The summed E-state index contributed by atoms with van der Waals surface area (Å²) in [7, 11) is 4.72. The van der Waals surface area contributed by atoms with Gasteiger partial charge < -0.3 is 61.9 Å². The van der Waals surface area contributed by atoms with Crippen LogP contribution in [0.3, 0.4) is 0 Å². The molecule has 0 N–H and O–H groups in total. The van der Waals surface area contributed by atoms with E-state index in [2.05, 4.69) is 6.92 Å². The van der Waals surface area contributed by atoms with Crippen LogP contribution >= 0.6 is 0 Å². The average molecular weight is 1050 g/mol. The zero-order valence-corrected chi connectivity index (χ0v) is 44.3. The Morgan fingerprint density at radius 3 is 1.28 bits per heavy atom. The lowest BCUT2D eigenvalue weighted by atomic mass is 10.0. The van der Waals surface area contributed by atoms with Gasteiger partial charge in [0.2, 0.25) is 0 Å². The van der Waals surface area contributed by atoms with Crippen molar-refractivity contribution >= 4 is 46.8 Å². The van der Waals surface area contributed by atoms with Crippen LogP contribution in [0.1, 0.15) is 90.1 Å². The Morgan fingerprint density at radius 1 is 0.447 bits per heavy atom. The van der Waals surface area contributed by atoms with Gasteiger partial charge in [0, 0.05) is 116 Å². The highest BCUT2D eigenvalue weighted by atomic mass is 16.5. The first kappa shape index (κ1) is 55.5. The molecule has 2 unspecified atom stereocenters. The minimum atomic E-state index is -0.247. The van der Waals surface area contributed by atoms with Crippen LogP contribution in [0.4, 0.5) is 11.4 Å². The van der Waals surface area contributed by atoms with Crippen molar-refractivity contribution in [2.75, 3.05) is 107 Å².